The molecule has 0 rings (SSSR count). The summed E-state index contributed by atoms with van der Waals surface area (Å²) in [5, 5.41) is 18.1. The maximum absolute atomic E-state index is 10.8. The molecule has 4 heteroatoms. The lowest BCUT2D eigenvalue weighted by Crippen LogP contribution is -2.45. The van der Waals surface area contributed by atoms with Gasteiger partial charge in [0.05, 0.1) is 12.5 Å². The fraction of sp³-hybridized carbons (Fsp3) is 0.909. The molecule has 15 heavy (non-hydrogen) atoms. The third-order valence-electron chi connectivity index (χ3n) is 2.72. The molecule has 0 aromatic rings. The lowest BCUT2D eigenvalue weighted by molar-refractivity contribution is -0.142. The largest absolute Gasteiger partial charge is 0.481 e. The summed E-state index contributed by atoms with van der Waals surface area (Å²) >= 11 is 0. The van der Waals surface area contributed by atoms with E-state index in [1.807, 2.05) is 20.8 Å². The van der Waals surface area contributed by atoms with Crippen LogP contribution < -0.4 is 0 Å². The Morgan fingerprint density at radius 3 is 2.13 bits per heavy atom. The molecular formula is C11H23NO3. The minimum Gasteiger partial charge on any atom is -0.481 e. The van der Waals surface area contributed by atoms with Crippen molar-refractivity contribution in [1.82, 2.24) is 4.90 Å². The first-order chi connectivity index (χ1) is 6.93. The topological polar surface area (TPSA) is 60.8 Å². The summed E-state index contributed by atoms with van der Waals surface area (Å²) in [6, 6.07) is 0.315. The van der Waals surface area contributed by atoms with E-state index in [0.29, 0.717) is 6.54 Å². The maximum Gasteiger partial charge on any atom is 0.307 e. The molecule has 90 valence electrons. The quantitative estimate of drug-likeness (QED) is 0.672. The predicted molar refractivity (Wildman–Crippen MR) is 59.8 cm³/mol. The predicted octanol–water partition coefficient (Wildman–Crippen LogP) is 1.19. The standard InChI is InChI=1S/C11H23NO3/c1-5-10(7-13)12(8(2)3)6-9(4)11(14)15/h8-10,13H,5-7H2,1-4H3,(H,14,15). The molecule has 0 fully saturated rings. The Balaban J connectivity index is 4.45. The van der Waals surface area contributed by atoms with Crippen LogP contribution in [0.15, 0.2) is 0 Å². The third kappa shape index (κ3) is 4.62. The minimum absolute atomic E-state index is 0.0619. The molecule has 2 atom stereocenters. The van der Waals surface area contributed by atoms with Crippen LogP contribution in [0, 0.1) is 5.92 Å². The van der Waals surface area contributed by atoms with Crippen molar-refractivity contribution in [3.8, 4) is 0 Å². The number of aliphatic hydroxyl groups is 1. The van der Waals surface area contributed by atoms with Crippen LogP contribution in [0.2, 0.25) is 0 Å². The number of aliphatic carboxylic acids is 1. The van der Waals surface area contributed by atoms with E-state index in [1.54, 1.807) is 6.92 Å². The molecule has 0 saturated heterocycles. The first kappa shape index (κ1) is 14.4. The zero-order valence-electron chi connectivity index (χ0n) is 10.1. The monoisotopic (exact) mass is 217 g/mol. The van der Waals surface area contributed by atoms with Gasteiger partial charge in [0.2, 0.25) is 0 Å². The van der Waals surface area contributed by atoms with E-state index < -0.39 is 11.9 Å². The smallest absolute Gasteiger partial charge is 0.307 e. The summed E-state index contributed by atoms with van der Waals surface area (Å²) < 4.78 is 0. The zero-order chi connectivity index (χ0) is 12.0. The normalized spacial score (nSPS) is 15.7. The summed E-state index contributed by atoms with van der Waals surface area (Å²) in [4.78, 5) is 12.8. The number of hydrogen-bond acceptors (Lipinski definition) is 3. The van der Waals surface area contributed by atoms with Crippen molar-refractivity contribution in [2.45, 2.75) is 46.2 Å². The summed E-state index contributed by atoms with van der Waals surface area (Å²) in [7, 11) is 0. The molecule has 0 saturated carbocycles. The zero-order valence-corrected chi connectivity index (χ0v) is 10.1. The summed E-state index contributed by atoms with van der Waals surface area (Å²) in [5.74, 6) is -1.18. The van der Waals surface area contributed by atoms with Crippen molar-refractivity contribution in [2.24, 2.45) is 5.92 Å². The van der Waals surface area contributed by atoms with Gasteiger partial charge in [-0.3, -0.25) is 9.69 Å². The van der Waals surface area contributed by atoms with Crippen molar-refractivity contribution in [1.29, 1.82) is 0 Å². The molecule has 0 spiro atoms. The number of carbonyl (C=O) groups is 1. The molecule has 0 aliphatic heterocycles. The molecule has 0 heterocycles. The van der Waals surface area contributed by atoms with E-state index in [9.17, 15) is 9.90 Å². The Bertz CT molecular complexity index is 190. The maximum atomic E-state index is 10.8. The molecule has 0 bridgehead atoms. The van der Waals surface area contributed by atoms with Crippen LogP contribution in [0.4, 0.5) is 0 Å². The molecule has 2 unspecified atom stereocenters. The van der Waals surface area contributed by atoms with E-state index in [1.165, 1.54) is 0 Å². The number of nitrogens with zero attached hydrogens (tertiary/aromatic N) is 1. The van der Waals surface area contributed by atoms with Crippen molar-refractivity contribution < 1.29 is 15.0 Å². The summed E-state index contributed by atoms with van der Waals surface area (Å²) in [6.45, 7) is 8.32. The van der Waals surface area contributed by atoms with Crippen LogP contribution >= 0.6 is 0 Å². The highest BCUT2D eigenvalue weighted by Gasteiger charge is 2.23. The average molecular weight is 217 g/mol. The second-order valence-electron chi connectivity index (χ2n) is 4.27. The molecule has 0 aromatic carbocycles. The lowest BCUT2D eigenvalue weighted by atomic mass is 10.1. The van der Waals surface area contributed by atoms with Gasteiger partial charge in [0.15, 0.2) is 0 Å². The van der Waals surface area contributed by atoms with Gasteiger partial charge in [-0.05, 0) is 20.3 Å². The fourth-order valence-corrected chi connectivity index (χ4v) is 1.64. The summed E-state index contributed by atoms with van der Waals surface area (Å²) in [6.07, 6.45) is 0.834. The van der Waals surface area contributed by atoms with E-state index >= 15 is 0 Å². The Morgan fingerprint density at radius 2 is 1.87 bits per heavy atom. The molecule has 0 aliphatic rings. The van der Waals surface area contributed by atoms with Crippen molar-refractivity contribution in [3.63, 3.8) is 0 Å². The van der Waals surface area contributed by atoms with Crippen LogP contribution in [0.5, 0.6) is 0 Å². The van der Waals surface area contributed by atoms with Crippen LogP contribution in [0.3, 0.4) is 0 Å². The number of aliphatic hydroxyl groups excluding tert-OH is 1. The number of hydrogen-bond donors (Lipinski definition) is 2. The van der Waals surface area contributed by atoms with Gasteiger partial charge >= 0.3 is 5.97 Å². The third-order valence-corrected chi connectivity index (χ3v) is 2.72. The number of rotatable bonds is 7. The van der Waals surface area contributed by atoms with Gasteiger partial charge in [-0.2, -0.15) is 0 Å². The molecule has 0 amide bonds. The van der Waals surface area contributed by atoms with Crippen LogP contribution in [0.1, 0.15) is 34.1 Å². The van der Waals surface area contributed by atoms with Gasteiger partial charge in [-0.25, -0.2) is 0 Å². The highest BCUT2D eigenvalue weighted by molar-refractivity contribution is 5.69. The van der Waals surface area contributed by atoms with Crippen molar-refractivity contribution in [3.05, 3.63) is 0 Å². The van der Waals surface area contributed by atoms with E-state index in [0.717, 1.165) is 6.42 Å². The SMILES string of the molecule is CCC(CO)N(CC(C)C(=O)O)C(C)C. The fourth-order valence-electron chi connectivity index (χ4n) is 1.64. The van der Waals surface area contributed by atoms with Crippen LogP contribution in [0.25, 0.3) is 0 Å². The average Bonchev–Trinajstić information content (AvgIpc) is 2.17. The molecule has 0 aromatic heterocycles. The van der Waals surface area contributed by atoms with Crippen molar-refractivity contribution >= 4 is 5.97 Å². The molecular weight excluding hydrogens is 194 g/mol. The lowest BCUT2D eigenvalue weighted by Gasteiger charge is -2.34. The Kier molecular flexibility index (Phi) is 6.52. The molecule has 0 radical (unpaired) electrons. The van der Waals surface area contributed by atoms with E-state index in [-0.39, 0.29) is 18.7 Å². The van der Waals surface area contributed by atoms with Gasteiger partial charge in [-0.15, -0.1) is 0 Å². The van der Waals surface area contributed by atoms with Gasteiger partial charge in [0.1, 0.15) is 0 Å². The van der Waals surface area contributed by atoms with Gasteiger partial charge < -0.3 is 10.2 Å². The first-order valence-electron chi connectivity index (χ1n) is 5.53. The van der Waals surface area contributed by atoms with Crippen molar-refractivity contribution in [2.75, 3.05) is 13.2 Å². The number of carboxylic acid groups (broad SMARTS) is 1. The Morgan fingerprint density at radius 1 is 1.33 bits per heavy atom. The van der Waals surface area contributed by atoms with E-state index in [4.69, 9.17) is 5.11 Å². The van der Waals surface area contributed by atoms with Gasteiger partial charge in [0, 0.05) is 18.6 Å². The molecule has 2 N–H and O–H groups in total. The van der Waals surface area contributed by atoms with Gasteiger partial charge in [-0.1, -0.05) is 13.8 Å². The first-order valence-corrected chi connectivity index (χ1v) is 5.53. The number of carboxylic acids is 1. The second kappa shape index (κ2) is 6.80. The molecule has 0 aliphatic carbocycles. The van der Waals surface area contributed by atoms with Crippen LogP contribution in [-0.2, 0) is 4.79 Å². The van der Waals surface area contributed by atoms with Gasteiger partial charge in [0.25, 0.3) is 0 Å². The van der Waals surface area contributed by atoms with Crippen LogP contribution in [-0.4, -0.2) is 46.3 Å². The highest BCUT2D eigenvalue weighted by Crippen LogP contribution is 2.12. The Hall–Kier alpha value is -0.610. The minimum atomic E-state index is -0.784. The highest BCUT2D eigenvalue weighted by atomic mass is 16.4. The second-order valence-corrected chi connectivity index (χ2v) is 4.27. The summed E-state index contributed by atoms with van der Waals surface area (Å²) in [5.41, 5.74) is 0. The van der Waals surface area contributed by atoms with E-state index in [2.05, 4.69) is 4.90 Å². The Labute approximate surface area is 91.9 Å². The molecule has 4 nitrogen and oxygen atoms in total.